The van der Waals surface area contributed by atoms with E-state index in [9.17, 15) is 4.79 Å². The predicted octanol–water partition coefficient (Wildman–Crippen LogP) is 1.70. The molecule has 1 aromatic carbocycles. The number of nitrogens with two attached hydrogens (primary N) is 1. The Hall–Kier alpha value is -1.59. The number of benzene rings is 1. The first kappa shape index (κ1) is 14.8. The second-order valence-electron chi connectivity index (χ2n) is 5.07. The number of hydrogen-bond acceptors (Lipinski definition) is 4. The average Bonchev–Trinajstić information content (AvgIpc) is 2.39. The first-order chi connectivity index (χ1) is 9.56. The maximum Gasteiger partial charge on any atom is 0.248 e. The second kappa shape index (κ2) is 6.24. The summed E-state index contributed by atoms with van der Waals surface area (Å²) in [6, 6.07) is 5.65. The maximum atomic E-state index is 11.1. The van der Waals surface area contributed by atoms with Crippen molar-refractivity contribution in [2.45, 2.75) is 38.5 Å². The Kier molecular flexibility index (Phi) is 4.62. The van der Waals surface area contributed by atoms with Crippen LogP contribution in [0.1, 0.15) is 29.3 Å². The van der Waals surface area contributed by atoms with Gasteiger partial charge < -0.3 is 20.5 Å². The molecule has 0 saturated heterocycles. The molecule has 1 saturated carbocycles. The summed E-state index contributed by atoms with van der Waals surface area (Å²) in [4.78, 5) is 11.1. The highest BCUT2D eigenvalue weighted by Crippen LogP contribution is 2.31. The summed E-state index contributed by atoms with van der Waals surface area (Å²) in [5, 5.41) is 3.45. The molecule has 0 bridgehead atoms. The third-order valence-corrected chi connectivity index (χ3v) is 3.75. The van der Waals surface area contributed by atoms with Crippen molar-refractivity contribution in [1.82, 2.24) is 0 Å². The van der Waals surface area contributed by atoms with E-state index in [-0.39, 0.29) is 18.2 Å². The predicted molar refractivity (Wildman–Crippen MR) is 77.9 cm³/mol. The smallest absolute Gasteiger partial charge is 0.248 e. The lowest BCUT2D eigenvalue weighted by Gasteiger charge is -2.44. The van der Waals surface area contributed by atoms with Crippen molar-refractivity contribution in [1.29, 1.82) is 0 Å². The summed E-state index contributed by atoms with van der Waals surface area (Å²) in [5.41, 5.74) is 7.79. The van der Waals surface area contributed by atoms with Gasteiger partial charge in [-0.3, -0.25) is 4.79 Å². The van der Waals surface area contributed by atoms with Gasteiger partial charge in [-0.1, -0.05) is 0 Å². The summed E-state index contributed by atoms with van der Waals surface area (Å²) in [7, 11) is 1.70. The lowest BCUT2D eigenvalue weighted by atomic mass is 9.84. The van der Waals surface area contributed by atoms with Crippen molar-refractivity contribution < 1.29 is 14.3 Å². The molecule has 3 unspecified atom stereocenters. The third kappa shape index (κ3) is 2.94. The number of carbonyl (C=O) groups excluding carboxylic acids is 1. The zero-order valence-electron chi connectivity index (χ0n) is 12.2. The largest absolute Gasteiger partial charge is 0.379 e. The van der Waals surface area contributed by atoms with Gasteiger partial charge in [0.25, 0.3) is 0 Å². The van der Waals surface area contributed by atoms with Gasteiger partial charge in [0, 0.05) is 25.0 Å². The van der Waals surface area contributed by atoms with Crippen LogP contribution in [-0.2, 0) is 9.47 Å². The zero-order chi connectivity index (χ0) is 14.7. The molecule has 1 aromatic rings. The molecule has 20 heavy (non-hydrogen) atoms. The van der Waals surface area contributed by atoms with Crippen molar-refractivity contribution in [2.24, 2.45) is 5.73 Å². The van der Waals surface area contributed by atoms with Crippen molar-refractivity contribution in [3.05, 3.63) is 29.3 Å². The minimum Gasteiger partial charge on any atom is -0.379 e. The molecule has 0 spiro atoms. The van der Waals surface area contributed by atoms with E-state index >= 15 is 0 Å². The van der Waals surface area contributed by atoms with Crippen LogP contribution >= 0.6 is 0 Å². The SMILES string of the molecule is CCOC1CC(Nc2ccc(C(N)=O)cc2C)C1OC. The van der Waals surface area contributed by atoms with Crippen LogP contribution in [0.2, 0.25) is 0 Å². The fourth-order valence-corrected chi connectivity index (χ4v) is 2.59. The fourth-order valence-electron chi connectivity index (χ4n) is 2.59. The van der Waals surface area contributed by atoms with Gasteiger partial charge in [-0.2, -0.15) is 0 Å². The van der Waals surface area contributed by atoms with Crippen LogP contribution < -0.4 is 11.1 Å². The number of anilines is 1. The molecule has 0 heterocycles. The van der Waals surface area contributed by atoms with E-state index in [2.05, 4.69) is 5.32 Å². The number of rotatable bonds is 6. The van der Waals surface area contributed by atoms with E-state index in [1.165, 1.54) is 0 Å². The van der Waals surface area contributed by atoms with Gasteiger partial charge in [-0.05, 0) is 44.0 Å². The van der Waals surface area contributed by atoms with Crippen LogP contribution in [0.15, 0.2) is 18.2 Å². The Balaban J connectivity index is 2.02. The van der Waals surface area contributed by atoms with Gasteiger partial charge in [-0.15, -0.1) is 0 Å². The summed E-state index contributed by atoms with van der Waals surface area (Å²) >= 11 is 0. The number of methoxy groups -OCH3 is 1. The standard InChI is InChI=1S/C15H22N2O3/c1-4-20-13-8-12(14(13)19-3)17-11-6-5-10(15(16)18)7-9(11)2/h5-7,12-14,17H,4,8H2,1-3H3,(H2,16,18). The molecular weight excluding hydrogens is 256 g/mol. The zero-order valence-corrected chi connectivity index (χ0v) is 12.2. The minimum atomic E-state index is -0.408. The molecular formula is C15H22N2O3. The summed E-state index contributed by atoms with van der Waals surface area (Å²) in [5.74, 6) is -0.408. The van der Waals surface area contributed by atoms with Gasteiger partial charge in [0.15, 0.2) is 0 Å². The van der Waals surface area contributed by atoms with E-state index in [0.717, 1.165) is 17.7 Å². The Morgan fingerprint density at radius 3 is 2.80 bits per heavy atom. The summed E-state index contributed by atoms with van der Waals surface area (Å²) in [6.07, 6.45) is 1.14. The number of carbonyl (C=O) groups is 1. The second-order valence-corrected chi connectivity index (χ2v) is 5.07. The average molecular weight is 278 g/mol. The van der Waals surface area contributed by atoms with Crippen LogP contribution in [0.5, 0.6) is 0 Å². The normalized spacial score (nSPS) is 25.1. The molecule has 3 atom stereocenters. The topological polar surface area (TPSA) is 73.6 Å². The highest BCUT2D eigenvalue weighted by atomic mass is 16.5. The number of amides is 1. The molecule has 3 N–H and O–H groups in total. The third-order valence-electron chi connectivity index (χ3n) is 3.75. The van der Waals surface area contributed by atoms with E-state index in [1.807, 2.05) is 19.9 Å². The number of primary amides is 1. The van der Waals surface area contributed by atoms with Crippen molar-refractivity contribution in [3.63, 3.8) is 0 Å². The molecule has 1 amide bonds. The van der Waals surface area contributed by atoms with E-state index < -0.39 is 5.91 Å². The molecule has 1 aliphatic rings. The number of aryl methyl sites for hydroxylation is 1. The Bertz CT molecular complexity index is 490. The molecule has 1 fully saturated rings. The molecule has 0 radical (unpaired) electrons. The fraction of sp³-hybridized carbons (Fsp3) is 0.533. The van der Waals surface area contributed by atoms with E-state index in [0.29, 0.717) is 12.2 Å². The van der Waals surface area contributed by atoms with Crippen LogP contribution in [0.3, 0.4) is 0 Å². The molecule has 110 valence electrons. The van der Waals surface area contributed by atoms with Gasteiger partial charge in [0.2, 0.25) is 5.91 Å². The lowest BCUT2D eigenvalue weighted by molar-refractivity contribution is -0.118. The maximum absolute atomic E-state index is 11.1. The van der Waals surface area contributed by atoms with Crippen molar-refractivity contribution in [2.75, 3.05) is 19.0 Å². The minimum absolute atomic E-state index is 0.0603. The first-order valence-electron chi connectivity index (χ1n) is 6.88. The number of hydrogen-bond donors (Lipinski definition) is 2. The Morgan fingerprint density at radius 1 is 1.50 bits per heavy atom. The van der Waals surface area contributed by atoms with Gasteiger partial charge in [-0.25, -0.2) is 0 Å². The lowest BCUT2D eigenvalue weighted by Crippen LogP contribution is -2.56. The summed E-state index contributed by atoms with van der Waals surface area (Å²) in [6.45, 7) is 4.64. The van der Waals surface area contributed by atoms with E-state index in [4.69, 9.17) is 15.2 Å². The van der Waals surface area contributed by atoms with Crippen LogP contribution in [-0.4, -0.2) is 37.9 Å². The van der Waals surface area contributed by atoms with Crippen molar-refractivity contribution in [3.8, 4) is 0 Å². The molecule has 2 rings (SSSR count). The molecule has 0 aliphatic heterocycles. The highest BCUT2D eigenvalue weighted by molar-refractivity contribution is 5.93. The highest BCUT2D eigenvalue weighted by Gasteiger charge is 2.42. The van der Waals surface area contributed by atoms with Gasteiger partial charge >= 0.3 is 0 Å². The molecule has 5 heteroatoms. The quantitative estimate of drug-likeness (QED) is 0.830. The Labute approximate surface area is 119 Å². The van der Waals surface area contributed by atoms with E-state index in [1.54, 1.807) is 19.2 Å². The van der Waals surface area contributed by atoms with Crippen LogP contribution in [0, 0.1) is 6.92 Å². The Morgan fingerprint density at radius 2 is 2.25 bits per heavy atom. The molecule has 1 aliphatic carbocycles. The van der Waals surface area contributed by atoms with Gasteiger partial charge in [0.1, 0.15) is 6.10 Å². The van der Waals surface area contributed by atoms with Gasteiger partial charge in [0.05, 0.1) is 12.1 Å². The summed E-state index contributed by atoms with van der Waals surface area (Å²) < 4.78 is 11.1. The molecule has 0 aromatic heterocycles. The number of nitrogens with one attached hydrogen (secondary N) is 1. The van der Waals surface area contributed by atoms with Crippen LogP contribution in [0.25, 0.3) is 0 Å². The van der Waals surface area contributed by atoms with Crippen molar-refractivity contribution >= 4 is 11.6 Å². The first-order valence-corrected chi connectivity index (χ1v) is 6.88. The molecule has 5 nitrogen and oxygen atoms in total. The van der Waals surface area contributed by atoms with Crippen LogP contribution in [0.4, 0.5) is 5.69 Å². The number of ether oxygens (including phenoxy) is 2. The monoisotopic (exact) mass is 278 g/mol.